The third-order valence-corrected chi connectivity index (χ3v) is 3.80. The van der Waals surface area contributed by atoms with Gasteiger partial charge in [-0.05, 0) is 25.5 Å². The summed E-state index contributed by atoms with van der Waals surface area (Å²) in [5.41, 5.74) is 1.21. The molecule has 0 unspecified atom stereocenters. The fourth-order valence-electron chi connectivity index (χ4n) is 2.70. The van der Waals surface area contributed by atoms with Gasteiger partial charge in [-0.1, -0.05) is 12.1 Å². The van der Waals surface area contributed by atoms with Crippen molar-refractivity contribution < 1.29 is 9.59 Å². The number of likely N-dealkylation sites (N-methyl/N-ethyl adjacent to an activating group) is 1. The van der Waals surface area contributed by atoms with Crippen molar-refractivity contribution in [2.75, 3.05) is 27.2 Å². The van der Waals surface area contributed by atoms with Crippen LogP contribution in [0.1, 0.15) is 20.7 Å². The molecule has 0 saturated carbocycles. The molecule has 2 aromatic carbocycles. The molecule has 0 radical (unpaired) electrons. The molecule has 0 spiro atoms. The standard InChI is InChI=1S/C16H15N4O2/c1-19(2)6-7-20-15(21)12-5-3-4-10-8-11(18-17)9-13(14(10)12)16(20)22/h3-5,8-9H,6-7H2,1-2H3/q+1. The molecule has 110 valence electrons. The molecule has 1 aliphatic heterocycles. The van der Waals surface area contributed by atoms with Gasteiger partial charge in [0.1, 0.15) is 0 Å². The summed E-state index contributed by atoms with van der Waals surface area (Å²) in [6.45, 7) is 0.911. The van der Waals surface area contributed by atoms with E-state index in [1.54, 1.807) is 24.3 Å². The summed E-state index contributed by atoms with van der Waals surface area (Å²) in [6.07, 6.45) is 0. The predicted molar refractivity (Wildman–Crippen MR) is 82.6 cm³/mol. The van der Waals surface area contributed by atoms with Crippen LogP contribution in [0.3, 0.4) is 0 Å². The molecule has 2 amide bonds. The van der Waals surface area contributed by atoms with Gasteiger partial charge in [0.05, 0.1) is 5.56 Å². The van der Waals surface area contributed by atoms with Gasteiger partial charge >= 0.3 is 5.69 Å². The first-order valence-corrected chi connectivity index (χ1v) is 6.95. The number of rotatable bonds is 3. The van der Waals surface area contributed by atoms with E-state index in [-0.39, 0.29) is 11.8 Å². The molecule has 1 heterocycles. The Balaban J connectivity index is 2.18. The van der Waals surface area contributed by atoms with Gasteiger partial charge < -0.3 is 4.90 Å². The summed E-state index contributed by atoms with van der Waals surface area (Å²) in [5, 5.41) is 10.4. The average Bonchev–Trinajstić information content (AvgIpc) is 2.51. The Morgan fingerprint density at radius 1 is 1.14 bits per heavy atom. The lowest BCUT2D eigenvalue weighted by Crippen LogP contribution is -2.43. The molecule has 0 bridgehead atoms. The van der Waals surface area contributed by atoms with E-state index in [0.29, 0.717) is 35.3 Å². The van der Waals surface area contributed by atoms with Crippen molar-refractivity contribution in [3.8, 4) is 0 Å². The fourth-order valence-corrected chi connectivity index (χ4v) is 2.70. The van der Waals surface area contributed by atoms with E-state index in [0.717, 1.165) is 5.39 Å². The summed E-state index contributed by atoms with van der Waals surface area (Å²) in [6, 6.07) is 8.45. The monoisotopic (exact) mass is 295 g/mol. The molecule has 6 heteroatoms. The zero-order valence-electron chi connectivity index (χ0n) is 12.4. The van der Waals surface area contributed by atoms with Crippen molar-refractivity contribution in [1.29, 1.82) is 5.39 Å². The van der Waals surface area contributed by atoms with Crippen molar-refractivity contribution in [3.05, 3.63) is 46.4 Å². The van der Waals surface area contributed by atoms with Crippen LogP contribution in [0.4, 0.5) is 5.69 Å². The smallest absolute Gasteiger partial charge is 0.308 e. The first-order chi connectivity index (χ1) is 10.5. The van der Waals surface area contributed by atoms with Crippen LogP contribution in [-0.4, -0.2) is 48.8 Å². The molecular weight excluding hydrogens is 280 g/mol. The maximum Gasteiger partial charge on any atom is 0.386 e. The quantitative estimate of drug-likeness (QED) is 0.644. The number of benzene rings is 2. The van der Waals surface area contributed by atoms with Crippen LogP contribution >= 0.6 is 0 Å². The Morgan fingerprint density at radius 3 is 2.55 bits per heavy atom. The van der Waals surface area contributed by atoms with Gasteiger partial charge in [0.15, 0.2) is 4.98 Å². The second kappa shape index (κ2) is 5.20. The van der Waals surface area contributed by atoms with Crippen LogP contribution in [0.2, 0.25) is 0 Å². The highest BCUT2D eigenvalue weighted by Gasteiger charge is 2.34. The zero-order chi connectivity index (χ0) is 15.9. The molecule has 0 fully saturated rings. The molecule has 6 nitrogen and oxygen atoms in total. The average molecular weight is 295 g/mol. The maximum atomic E-state index is 12.7. The number of imide groups is 1. The van der Waals surface area contributed by atoms with Crippen molar-refractivity contribution in [2.45, 2.75) is 0 Å². The molecule has 0 atom stereocenters. The molecule has 0 N–H and O–H groups in total. The van der Waals surface area contributed by atoms with Crippen LogP contribution in [0, 0.1) is 5.39 Å². The summed E-state index contributed by atoms with van der Waals surface area (Å²) in [7, 11) is 3.77. The van der Waals surface area contributed by atoms with Gasteiger partial charge in [0.25, 0.3) is 11.8 Å². The topological polar surface area (TPSA) is 68.8 Å². The van der Waals surface area contributed by atoms with Gasteiger partial charge in [0.2, 0.25) is 5.39 Å². The highest BCUT2D eigenvalue weighted by molar-refractivity contribution is 6.25. The minimum atomic E-state index is -0.346. The lowest BCUT2D eigenvalue weighted by atomic mass is 9.93. The highest BCUT2D eigenvalue weighted by atomic mass is 16.2. The van der Waals surface area contributed by atoms with E-state index >= 15 is 0 Å². The predicted octanol–water partition coefficient (Wildman–Crippen LogP) is 2.48. The molecular formula is C16H15N4O2+. The van der Waals surface area contributed by atoms with Crippen molar-refractivity contribution in [1.82, 2.24) is 9.80 Å². The summed E-state index contributed by atoms with van der Waals surface area (Å²) >= 11 is 0. The van der Waals surface area contributed by atoms with E-state index in [4.69, 9.17) is 5.39 Å². The zero-order valence-corrected chi connectivity index (χ0v) is 12.4. The number of nitrogens with zero attached hydrogens (tertiary/aromatic N) is 4. The van der Waals surface area contributed by atoms with Crippen LogP contribution in [0.15, 0.2) is 30.3 Å². The first-order valence-electron chi connectivity index (χ1n) is 6.95. The Bertz CT molecular complexity index is 836. The number of carbonyl (C=O) groups is 2. The Kier molecular flexibility index (Phi) is 3.35. The third-order valence-electron chi connectivity index (χ3n) is 3.80. The maximum absolute atomic E-state index is 12.7. The number of hydrogen-bond donors (Lipinski definition) is 0. The Labute approximate surface area is 127 Å². The van der Waals surface area contributed by atoms with Crippen LogP contribution < -0.4 is 0 Å². The van der Waals surface area contributed by atoms with Crippen molar-refractivity contribution >= 4 is 28.3 Å². The van der Waals surface area contributed by atoms with E-state index in [1.807, 2.05) is 19.0 Å². The fraction of sp³-hybridized carbons (Fsp3) is 0.250. The van der Waals surface area contributed by atoms with Crippen LogP contribution in [0.5, 0.6) is 0 Å². The molecule has 0 aromatic heterocycles. The number of diazo groups is 1. The third kappa shape index (κ3) is 2.12. The normalized spacial score (nSPS) is 13.8. The lowest BCUT2D eigenvalue weighted by molar-refractivity contribution is 0.0601. The second-order valence-electron chi connectivity index (χ2n) is 5.56. The largest absolute Gasteiger partial charge is 0.386 e. The lowest BCUT2D eigenvalue weighted by Gasteiger charge is -2.27. The van der Waals surface area contributed by atoms with Gasteiger partial charge in [-0.15, -0.1) is 0 Å². The Hall–Kier alpha value is -2.78. The summed E-state index contributed by atoms with van der Waals surface area (Å²) < 4.78 is 0. The van der Waals surface area contributed by atoms with Crippen molar-refractivity contribution in [2.24, 2.45) is 0 Å². The minimum absolute atomic E-state index is 0.279. The van der Waals surface area contributed by atoms with E-state index in [2.05, 4.69) is 4.98 Å². The molecule has 1 aliphatic rings. The van der Waals surface area contributed by atoms with Crippen LogP contribution in [-0.2, 0) is 0 Å². The van der Waals surface area contributed by atoms with Crippen molar-refractivity contribution in [3.63, 3.8) is 0 Å². The molecule has 3 rings (SSSR count). The SMILES string of the molecule is CN(C)CCN1C(=O)c2cccc3cc([N+]#N)cc(c23)C1=O. The van der Waals surface area contributed by atoms with Gasteiger partial charge in [-0.2, -0.15) is 0 Å². The highest BCUT2D eigenvalue weighted by Crippen LogP contribution is 2.33. The van der Waals surface area contributed by atoms with E-state index in [9.17, 15) is 9.59 Å². The van der Waals surface area contributed by atoms with E-state index in [1.165, 1.54) is 11.0 Å². The van der Waals surface area contributed by atoms with Gasteiger partial charge in [-0.25, -0.2) is 0 Å². The molecule has 2 aromatic rings. The van der Waals surface area contributed by atoms with Gasteiger partial charge in [0, 0.05) is 36.2 Å². The van der Waals surface area contributed by atoms with Gasteiger partial charge in [-0.3, -0.25) is 14.5 Å². The van der Waals surface area contributed by atoms with Crippen LogP contribution in [0.25, 0.3) is 15.7 Å². The Morgan fingerprint density at radius 2 is 1.86 bits per heavy atom. The molecule has 0 saturated heterocycles. The second-order valence-corrected chi connectivity index (χ2v) is 5.56. The summed E-state index contributed by atoms with van der Waals surface area (Å²) in [5.74, 6) is -0.625. The number of carbonyl (C=O) groups excluding carboxylic acids is 2. The number of hydrogen-bond acceptors (Lipinski definition) is 4. The van der Waals surface area contributed by atoms with E-state index < -0.39 is 0 Å². The molecule has 22 heavy (non-hydrogen) atoms. The summed E-state index contributed by atoms with van der Waals surface area (Å²) in [4.78, 5) is 31.6. The molecule has 0 aliphatic carbocycles. The first kappa shape index (κ1) is 14.2. The minimum Gasteiger partial charge on any atom is -0.308 e. The number of amides is 2.